The van der Waals surface area contributed by atoms with Crippen LogP contribution < -0.4 is 0 Å². The lowest BCUT2D eigenvalue weighted by molar-refractivity contribution is -0.00957. The minimum absolute atomic E-state index is 0.0676. The van der Waals surface area contributed by atoms with Crippen molar-refractivity contribution in [1.29, 1.82) is 0 Å². The van der Waals surface area contributed by atoms with E-state index in [9.17, 15) is 13.2 Å². The molecule has 0 aliphatic heterocycles. The summed E-state index contributed by atoms with van der Waals surface area (Å²) in [4.78, 5) is 0. The van der Waals surface area contributed by atoms with Crippen LogP contribution in [0.15, 0.2) is 30.3 Å². The second-order valence-electron chi connectivity index (χ2n) is 8.41. The molecule has 29 heavy (non-hydrogen) atoms. The lowest BCUT2D eigenvalue weighted by atomic mass is 9.65. The van der Waals surface area contributed by atoms with Crippen LogP contribution in [-0.4, -0.2) is 12.7 Å². The molecule has 2 saturated carbocycles. The SMILES string of the molecule is CCOC1CCC2CC(c3cc(F)c(-c4ccc(Cl)c(F)c4)c(F)c3)CCC2C1. The topological polar surface area (TPSA) is 9.23 Å². The van der Waals surface area contributed by atoms with E-state index < -0.39 is 17.5 Å². The molecule has 1 nitrogen and oxygen atoms in total. The molecule has 4 rings (SSSR count). The number of benzene rings is 2. The molecular formula is C24H26ClF3O. The molecule has 0 bridgehead atoms. The van der Waals surface area contributed by atoms with E-state index in [4.69, 9.17) is 16.3 Å². The number of hydrogen-bond donors (Lipinski definition) is 0. The van der Waals surface area contributed by atoms with Gasteiger partial charge in [-0.2, -0.15) is 0 Å². The molecule has 4 atom stereocenters. The van der Waals surface area contributed by atoms with Crippen molar-refractivity contribution in [2.75, 3.05) is 6.61 Å². The van der Waals surface area contributed by atoms with E-state index in [2.05, 4.69) is 0 Å². The molecule has 4 unspecified atom stereocenters. The molecule has 5 heteroatoms. The Kier molecular flexibility index (Phi) is 6.21. The van der Waals surface area contributed by atoms with E-state index in [-0.39, 0.29) is 22.1 Å². The van der Waals surface area contributed by atoms with Crippen molar-refractivity contribution in [2.45, 2.75) is 57.5 Å². The Morgan fingerprint density at radius 2 is 1.59 bits per heavy atom. The Hall–Kier alpha value is -1.52. The van der Waals surface area contributed by atoms with Gasteiger partial charge in [-0.1, -0.05) is 17.7 Å². The van der Waals surface area contributed by atoms with Crippen molar-refractivity contribution in [2.24, 2.45) is 11.8 Å². The molecule has 156 valence electrons. The third kappa shape index (κ3) is 4.34. The Morgan fingerprint density at radius 3 is 2.28 bits per heavy atom. The molecule has 0 aromatic heterocycles. The van der Waals surface area contributed by atoms with Gasteiger partial charge in [0, 0.05) is 6.61 Å². The first-order valence-corrected chi connectivity index (χ1v) is 10.9. The van der Waals surface area contributed by atoms with Crippen LogP contribution in [0.4, 0.5) is 13.2 Å². The second kappa shape index (κ2) is 8.69. The highest BCUT2D eigenvalue weighted by Crippen LogP contribution is 2.47. The highest BCUT2D eigenvalue weighted by Gasteiger charge is 2.36. The minimum Gasteiger partial charge on any atom is -0.378 e. The van der Waals surface area contributed by atoms with Gasteiger partial charge in [-0.15, -0.1) is 0 Å². The lowest BCUT2D eigenvalue weighted by Crippen LogP contribution is -2.33. The van der Waals surface area contributed by atoms with Gasteiger partial charge in [0.1, 0.15) is 17.5 Å². The zero-order chi connectivity index (χ0) is 20.5. The van der Waals surface area contributed by atoms with Crippen molar-refractivity contribution in [1.82, 2.24) is 0 Å². The van der Waals surface area contributed by atoms with Gasteiger partial charge in [-0.3, -0.25) is 0 Å². The van der Waals surface area contributed by atoms with Crippen LogP contribution in [0.1, 0.15) is 56.9 Å². The minimum atomic E-state index is -0.687. The van der Waals surface area contributed by atoms with E-state index in [1.54, 1.807) is 0 Å². The summed E-state index contributed by atoms with van der Waals surface area (Å²) in [7, 11) is 0. The average molecular weight is 423 g/mol. The largest absolute Gasteiger partial charge is 0.378 e. The number of ether oxygens (including phenoxy) is 1. The average Bonchev–Trinajstić information content (AvgIpc) is 2.70. The quantitative estimate of drug-likeness (QED) is 0.495. The van der Waals surface area contributed by atoms with Crippen LogP contribution in [0.5, 0.6) is 0 Å². The second-order valence-corrected chi connectivity index (χ2v) is 8.82. The summed E-state index contributed by atoms with van der Waals surface area (Å²) in [5, 5.41) is -0.0676. The van der Waals surface area contributed by atoms with E-state index in [0.717, 1.165) is 51.2 Å². The maximum Gasteiger partial charge on any atom is 0.142 e. The van der Waals surface area contributed by atoms with Crippen molar-refractivity contribution >= 4 is 11.6 Å². The summed E-state index contributed by atoms with van der Waals surface area (Å²) < 4.78 is 49.2. The van der Waals surface area contributed by atoms with Gasteiger partial charge in [0.25, 0.3) is 0 Å². The van der Waals surface area contributed by atoms with Gasteiger partial charge < -0.3 is 4.74 Å². The van der Waals surface area contributed by atoms with Crippen LogP contribution in [0.25, 0.3) is 11.1 Å². The molecule has 0 heterocycles. The molecule has 0 amide bonds. The molecule has 0 spiro atoms. The standard InChI is InChI=1S/C24H26ClF3O/c1-2-29-19-7-5-14-9-15(3-4-16(14)10-19)18-12-22(27)24(23(28)13-18)17-6-8-20(25)21(26)11-17/h6,8,11-16,19H,2-5,7,9-10H2,1H3. The van der Waals surface area contributed by atoms with Gasteiger partial charge in [-0.25, -0.2) is 13.2 Å². The Balaban J connectivity index is 1.52. The van der Waals surface area contributed by atoms with Crippen molar-refractivity contribution in [3.8, 4) is 11.1 Å². The van der Waals surface area contributed by atoms with E-state index >= 15 is 0 Å². The monoisotopic (exact) mass is 422 g/mol. The summed E-state index contributed by atoms with van der Waals surface area (Å²) in [6.07, 6.45) is 6.66. The van der Waals surface area contributed by atoms with Crippen molar-refractivity contribution < 1.29 is 17.9 Å². The molecule has 2 fully saturated rings. The Morgan fingerprint density at radius 1 is 0.897 bits per heavy atom. The fourth-order valence-electron chi connectivity index (χ4n) is 5.29. The van der Waals surface area contributed by atoms with Crippen LogP contribution in [0.2, 0.25) is 5.02 Å². The van der Waals surface area contributed by atoms with Gasteiger partial charge >= 0.3 is 0 Å². The summed E-state index contributed by atoms with van der Waals surface area (Å²) in [6, 6.07) is 6.70. The molecule has 0 radical (unpaired) electrons. The van der Waals surface area contributed by atoms with E-state index in [0.29, 0.717) is 23.5 Å². The fraction of sp³-hybridized carbons (Fsp3) is 0.500. The zero-order valence-electron chi connectivity index (χ0n) is 16.6. The molecule has 2 aliphatic rings. The van der Waals surface area contributed by atoms with Crippen LogP contribution in [0, 0.1) is 29.3 Å². The predicted molar refractivity (Wildman–Crippen MR) is 110 cm³/mol. The van der Waals surface area contributed by atoms with Gasteiger partial charge in [-0.05, 0) is 98.6 Å². The smallest absolute Gasteiger partial charge is 0.142 e. The summed E-state index contributed by atoms with van der Waals surface area (Å²) in [5.41, 5.74) is 0.671. The first kappa shape index (κ1) is 20.7. The number of fused-ring (bicyclic) bond motifs is 1. The van der Waals surface area contributed by atoms with Gasteiger partial charge in [0.2, 0.25) is 0 Å². The third-order valence-electron chi connectivity index (χ3n) is 6.71. The predicted octanol–water partition coefficient (Wildman–Crippen LogP) is 7.51. The lowest BCUT2D eigenvalue weighted by Gasteiger charge is -2.42. The third-order valence-corrected chi connectivity index (χ3v) is 7.02. The Bertz CT molecular complexity index is 861. The molecule has 2 aromatic carbocycles. The first-order chi connectivity index (χ1) is 14.0. The summed E-state index contributed by atoms with van der Waals surface area (Å²) in [6.45, 7) is 2.79. The number of rotatable bonds is 4. The molecular weight excluding hydrogens is 397 g/mol. The highest BCUT2D eigenvalue weighted by molar-refractivity contribution is 6.30. The Labute approximate surface area is 175 Å². The maximum absolute atomic E-state index is 14.8. The highest BCUT2D eigenvalue weighted by atomic mass is 35.5. The van der Waals surface area contributed by atoms with E-state index in [1.165, 1.54) is 24.3 Å². The maximum atomic E-state index is 14.8. The van der Waals surface area contributed by atoms with Crippen LogP contribution in [0.3, 0.4) is 0 Å². The number of halogens is 4. The van der Waals surface area contributed by atoms with Gasteiger partial charge in [0.15, 0.2) is 0 Å². The zero-order valence-corrected chi connectivity index (χ0v) is 17.3. The summed E-state index contributed by atoms with van der Waals surface area (Å²) in [5.74, 6) is -0.565. The summed E-state index contributed by atoms with van der Waals surface area (Å²) >= 11 is 5.69. The normalized spacial score (nSPS) is 26.9. The molecule has 2 aliphatic carbocycles. The van der Waals surface area contributed by atoms with Crippen molar-refractivity contribution in [3.63, 3.8) is 0 Å². The first-order valence-electron chi connectivity index (χ1n) is 10.5. The van der Waals surface area contributed by atoms with Crippen LogP contribution in [-0.2, 0) is 4.74 Å². The number of hydrogen-bond acceptors (Lipinski definition) is 1. The molecule has 2 aromatic rings. The van der Waals surface area contributed by atoms with E-state index in [1.807, 2.05) is 6.92 Å². The molecule has 0 N–H and O–H groups in total. The van der Waals surface area contributed by atoms with Gasteiger partial charge in [0.05, 0.1) is 16.7 Å². The fourth-order valence-corrected chi connectivity index (χ4v) is 5.41. The van der Waals surface area contributed by atoms with Crippen LogP contribution >= 0.6 is 11.6 Å². The molecule has 0 saturated heterocycles. The van der Waals surface area contributed by atoms with Crippen molar-refractivity contribution in [3.05, 3.63) is 58.4 Å².